The van der Waals surface area contributed by atoms with E-state index in [-0.39, 0.29) is 34.3 Å². The summed E-state index contributed by atoms with van der Waals surface area (Å²) in [7, 11) is 0. The van der Waals surface area contributed by atoms with Gasteiger partial charge in [-0.1, -0.05) is 23.0 Å². The van der Waals surface area contributed by atoms with E-state index < -0.39 is 34.6 Å². The van der Waals surface area contributed by atoms with Crippen LogP contribution in [-0.4, -0.2) is 72.4 Å². The predicted octanol–water partition coefficient (Wildman–Crippen LogP) is 1.65. The smallest absolute Gasteiger partial charge is 0.316 e. The van der Waals surface area contributed by atoms with Crippen LogP contribution in [0.2, 0.25) is 0 Å². The summed E-state index contributed by atoms with van der Waals surface area (Å²) in [5.74, 6) is -2.19. The fourth-order valence-electron chi connectivity index (χ4n) is 3.97. The van der Waals surface area contributed by atoms with Gasteiger partial charge in [0.05, 0.1) is 9.60 Å². The standard InChI is InChI=1S/C22H18N6O6S4/c23-21-25-11(7-36-21)14(27-34)16(30)26-15-18(31)28-8-22(20(32)33,9-37-19(15)28)3-5-35-13-6-12(29)10-2-1-4-24-17(10)38-13/h1-7,15,19,34H,8-9H2,(H2,23,25)(H,26,30)(H,32,33)/t15?,19-,22?/m1/s1. The Morgan fingerprint density at radius 2 is 2.18 bits per heavy atom. The van der Waals surface area contributed by atoms with Crippen LogP contribution in [0.25, 0.3) is 10.2 Å². The van der Waals surface area contributed by atoms with Crippen LogP contribution in [0.1, 0.15) is 5.69 Å². The summed E-state index contributed by atoms with van der Waals surface area (Å²) in [6.07, 6.45) is 3.13. The number of fused-ring (bicyclic) bond motifs is 2. The molecule has 2 aliphatic heterocycles. The molecule has 196 valence electrons. The van der Waals surface area contributed by atoms with Gasteiger partial charge in [0.25, 0.3) is 5.91 Å². The molecule has 0 spiro atoms. The highest BCUT2D eigenvalue weighted by molar-refractivity contribution is 8.04. The van der Waals surface area contributed by atoms with Crippen molar-refractivity contribution in [2.75, 3.05) is 18.0 Å². The van der Waals surface area contributed by atoms with E-state index in [9.17, 15) is 29.5 Å². The van der Waals surface area contributed by atoms with Crippen molar-refractivity contribution in [3.05, 3.63) is 57.2 Å². The fourth-order valence-corrected chi connectivity index (χ4v) is 8.02. The zero-order valence-corrected chi connectivity index (χ0v) is 22.4. The van der Waals surface area contributed by atoms with E-state index in [0.29, 0.717) is 14.4 Å². The number of carboxylic acid groups (broad SMARTS) is 1. The van der Waals surface area contributed by atoms with Gasteiger partial charge in [-0.25, -0.2) is 9.97 Å². The molecule has 12 nitrogen and oxygen atoms in total. The number of oxime groups is 1. The Balaban J connectivity index is 1.26. The van der Waals surface area contributed by atoms with Gasteiger partial charge in [-0.05, 0) is 17.5 Å². The highest BCUT2D eigenvalue weighted by Gasteiger charge is 2.57. The van der Waals surface area contributed by atoms with Crippen molar-refractivity contribution >= 4 is 85.0 Å². The molecule has 2 unspecified atom stereocenters. The van der Waals surface area contributed by atoms with Crippen LogP contribution in [0.15, 0.2) is 55.4 Å². The quantitative estimate of drug-likeness (QED) is 0.103. The lowest BCUT2D eigenvalue weighted by atomic mass is 9.87. The van der Waals surface area contributed by atoms with E-state index in [1.54, 1.807) is 23.7 Å². The van der Waals surface area contributed by atoms with Gasteiger partial charge in [-0.3, -0.25) is 19.2 Å². The summed E-state index contributed by atoms with van der Waals surface area (Å²) < 4.78 is 0.658. The Morgan fingerprint density at radius 3 is 2.89 bits per heavy atom. The number of carbonyl (C=O) groups is 3. The number of thiazole rings is 1. The average molecular weight is 591 g/mol. The maximum Gasteiger partial charge on any atom is 0.316 e. The molecule has 0 aliphatic carbocycles. The normalized spacial score (nSPS) is 23.3. The van der Waals surface area contributed by atoms with Crippen molar-refractivity contribution < 1.29 is 24.7 Å². The van der Waals surface area contributed by atoms with Crippen LogP contribution in [0.3, 0.4) is 0 Å². The maximum atomic E-state index is 12.9. The highest BCUT2D eigenvalue weighted by atomic mass is 32.2. The van der Waals surface area contributed by atoms with E-state index in [1.807, 2.05) is 0 Å². The van der Waals surface area contributed by atoms with Crippen molar-refractivity contribution in [1.29, 1.82) is 0 Å². The molecule has 16 heteroatoms. The van der Waals surface area contributed by atoms with Crippen LogP contribution >= 0.6 is 46.2 Å². The number of nitrogens with one attached hydrogen (secondary N) is 1. The van der Waals surface area contributed by atoms with Gasteiger partial charge in [-0.2, -0.15) is 0 Å². The maximum absolute atomic E-state index is 12.9. The first-order valence-electron chi connectivity index (χ1n) is 10.9. The summed E-state index contributed by atoms with van der Waals surface area (Å²) in [6, 6.07) is 3.97. The molecule has 0 bridgehead atoms. The summed E-state index contributed by atoms with van der Waals surface area (Å²) in [5, 5.41) is 28.1. The van der Waals surface area contributed by atoms with E-state index in [0.717, 1.165) is 11.3 Å². The minimum absolute atomic E-state index is 0.0761. The Kier molecular flexibility index (Phi) is 7.13. The zero-order valence-electron chi connectivity index (χ0n) is 19.1. The molecule has 0 radical (unpaired) electrons. The topological polar surface area (TPSA) is 188 Å². The first-order chi connectivity index (χ1) is 18.2. The van der Waals surface area contributed by atoms with Gasteiger partial charge in [0, 0.05) is 29.9 Å². The van der Waals surface area contributed by atoms with Crippen LogP contribution in [0, 0.1) is 5.41 Å². The molecule has 0 aromatic carbocycles. The number of nitrogens with zero attached hydrogens (tertiary/aromatic N) is 4. The molecule has 0 saturated carbocycles. The van der Waals surface area contributed by atoms with Crippen LogP contribution in [0.5, 0.6) is 0 Å². The van der Waals surface area contributed by atoms with E-state index in [1.165, 1.54) is 57.3 Å². The second-order valence-corrected chi connectivity index (χ2v) is 12.5. The third-order valence-corrected chi connectivity index (χ3v) is 10.2. The molecular weight excluding hydrogens is 573 g/mol. The predicted molar refractivity (Wildman–Crippen MR) is 146 cm³/mol. The number of aromatic nitrogens is 2. The van der Waals surface area contributed by atoms with Crippen LogP contribution in [0.4, 0.5) is 5.13 Å². The number of pyridine rings is 1. The first kappa shape index (κ1) is 26.1. The average Bonchev–Trinajstić information content (AvgIpc) is 3.33. The molecule has 2 amide bonds. The lowest BCUT2D eigenvalue weighted by molar-refractivity contribution is -0.156. The Hall–Kier alpha value is -3.47. The van der Waals surface area contributed by atoms with Crippen molar-refractivity contribution in [2.45, 2.75) is 15.6 Å². The third-order valence-electron chi connectivity index (χ3n) is 5.95. The Bertz CT molecular complexity index is 1570. The molecule has 3 aromatic heterocycles. The highest BCUT2D eigenvalue weighted by Crippen LogP contribution is 2.43. The van der Waals surface area contributed by atoms with Crippen molar-refractivity contribution in [2.24, 2.45) is 10.6 Å². The number of aliphatic carboxylic acids is 1. The summed E-state index contributed by atoms with van der Waals surface area (Å²) in [4.78, 5) is 60.2. The number of thioether (sulfide) groups is 2. The fraction of sp³-hybridized carbons (Fsp3) is 0.227. The number of rotatable bonds is 7. The van der Waals surface area contributed by atoms with Crippen LogP contribution in [-0.2, 0) is 14.4 Å². The number of nitrogen functional groups attached to an aromatic ring is 1. The number of amides is 2. The lowest BCUT2D eigenvalue weighted by Gasteiger charge is -2.53. The monoisotopic (exact) mass is 590 g/mol. The van der Waals surface area contributed by atoms with Gasteiger partial charge < -0.3 is 26.3 Å². The second kappa shape index (κ2) is 10.4. The molecule has 2 fully saturated rings. The second-order valence-electron chi connectivity index (χ2n) is 8.31. The van der Waals surface area contributed by atoms with E-state index in [4.69, 9.17) is 5.73 Å². The minimum Gasteiger partial charge on any atom is -0.481 e. The minimum atomic E-state index is -1.35. The summed E-state index contributed by atoms with van der Waals surface area (Å²) in [6.45, 7) is -0.0820. The third kappa shape index (κ3) is 4.75. The van der Waals surface area contributed by atoms with E-state index in [2.05, 4.69) is 20.4 Å². The number of nitrogens with two attached hydrogens (primary N) is 1. The zero-order chi connectivity index (χ0) is 27.0. The number of β-lactam (4-membered cyclic amide) rings is 1. The van der Waals surface area contributed by atoms with Gasteiger partial charge in [0.15, 0.2) is 16.3 Å². The van der Waals surface area contributed by atoms with Crippen molar-refractivity contribution in [1.82, 2.24) is 20.2 Å². The molecule has 3 atom stereocenters. The first-order valence-corrected chi connectivity index (χ1v) is 14.5. The molecule has 38 heavy (non-hydrogen) atoms. The number of hydrogen-bond donors (Lipinski definition) is 4. The summed E-state index contributed by atoms with van der Waals surface area (Å²) in [5.41, 5.74) is 3.75. The summed E-state index contributed by atoms with van der Waals surface area (Å²) >= 11 is 4.82. The molecule has 5 heterocycles. The van der Waals surface area contributed by atoms with E-state index >= 15 is 0 Å². The van der Waals surface area contributed by atoms with Crippen LogP contribution < -0.4 is 16.5 Å². The lowest BCUT2D eigenvalue weighted by Crippen LogP contribution is -2.73. The largest absolute Gasteiger partial charge is 0.481 e. The molecular formula is C22H18N6O6S4. The molecule has 2 aliphatic rings. The molecule has 3 aromatic rings. The molecule has 5 N–H and O–H groups in total. The van der Waals surface area contributed by atoms with Gasteiger partial charge in [0.1, 0.15) is 27.4 Å². The molecule has 2 saturated heterocycles. The number of carbonyl (C=O) groups excluding carboxylic acids is 2. The molecule has 5 rings (SSSR count). The Labute approximate surface area is 230 Å². The number of anilines is 1. The Morgan fingerprint density at radius 1 is 1.37 bits per heavy atom. The van der Waals surface area contributed by atoms with Gasteiger partial charge >= 0.3 is 5.97 Å². The number of carboxylic acids is 1. The van der Waals surface area contributed by atoms with Crippen molar-refractivity contribution in [3.8, 4) is 0 Å². The SMILES string of the molecule is Nc1nc(C(=NO)C(=O)NC2C(=O)N3CC(C=CSc4cc(=O)c5cccnc5s4)(C(=O)O)CS[C@H]23)cs1. The van der Waals surface area contributed by atoms with Gasteiger partial charge in [0.2, 0.25) is 5.91 Å². The number of hydrogen-bond acceptors (Lipinski definition) is 13. The van der Waals surface area contributed by atoms with Gasteiger partial charge in [-0.15, -0.1) is 34.4 Å². The van der Waals surface area contributed by atoms with Crippen molar-refractivity contribution in [3.63, 3.8) is 0 Å².